The molecule has 2 N–H and O–H groups in total. The fourth-order valence-electron chi connectivity index (χ4n) is 2.39. The zero-order valence-electron chi connectivity index (χ0n) is 11.2. The number of hydrogen-bond donors (Lipinski definition) is 2. The Bertz CT molecular complexity index is 385. The highest BCUT2D eigenvalue weighted by Gasteiger charge is 2.47. The van der Waals surface area contributed by atoms with Crippen LogP contribution in [0.15, 0.2) is 12.1 Å². The second kappa shape index (κ2) is 4.71. The zero-order chi connectivity index (χ0) is 12.6. The summed E-state index contributed by atoms with van der Waals surface area (Å²) in [5, 5.41) is 13.4. The summed E-state index contributed by atoms with van der Waals surface area (Å²) in [5.41, 5.74) is 0.0130. The van der Waals surface area contributed by atoms with Crippen molar-refractivity contribution >= 4 is 11.3 Å². The lowest BCUT2D eigenvalue weighted by atomic mass is 9.64. The van der Waals surface area contributed by atoms with Crippen LogP contribution in [0, 0.1) is 5.41 Å². The standard InChI is InChI=1S/C14H23NOS/c1-5-10-6-7-11(17-10)9(2)15-12-8-13(16)14(12,3)4/h6-7,9,12-13,15-16H,5,8H2,1-4H3. The van der Waals surface area contributed by atoms with Crippen LogP contribution >= 0.6 is 11.3 Å². The molecule has 0 bridgehead atoms. The molecular weight excluding hydrogens is 230 g/mol. The van der Waals surface area contributed by atoms with Gasteiger partial charge in [0, 0.05) is 27.3 Å². The lowest BCUT2D eigenvalue weighted by Crippen LogP contribution is -2.60. The normalized spacial score (nSPS) is 28.8. The van der Waals surface area contributed by atoms with E-state index in [1.165, 1.54) is 9.75 Å². The van der Waals surface area contributed by atoms with E-state index in [9.17, 15) is 5.11 Å². The largest absolute Gasteiger partial charge is 0.392 e. The summed E-state index contributed by atoms with van der Waals surface area (Å²) >= 11 is 1.89. The van der Waals surface area contributed by atoms with Gasteiger partial charge in [-0.25, -0.2) is 0 Å². The van der Waals surface area contributed by atoms with E-state index in [0.29, 0.717) is 12.1 Å². The third kappa shape index (κ3) is 2.42. The maximum atomic E-state index is 9.73. The van der Waals surface area contributed by atoms with E-state index >= 15 is 0 Å². The molecule has 0 radical (unpaired) electrons. The number of aryl methyl sites for hydroxylation is 1. The molecule has 0 aromatic carbocycles. The fourth-order valence-corrected chi connectivity index (χ4v) is 3.35. The van der Waals surface area contributed by atoms with Crippen LogP contribution < -0.4 is 5.32 Å². The predicted octanol–water partition coefficient (Wildman–Crippen LogP) is 3.12. The first kappa shape index (κ1) is 13.1. The average molecular weight is 253 g/mol. The first-order valence-electron chi connectivity index (χ1n) is 6.48. The summed E-state index contributed by atoms with van der Waals surface area (Å²) in [5.74, 6) is 0. The Morgan fingerprint density at radius 1 is 1.53 bits per heavy atom. The number of aliphatic hydroxyl groups excluding tert-OH is 1. The summed E-state index contributed by atoms with van der Waals surface area (Å²) < 4.78 is 0. The van der Waals surface area contributed by atoms with Crippen molar-refractivity contribution in [1.82, 2.24) is 5.32 Å². The lowest BCUT2D eigenvalue weighted by molar-refractivity contribution is -0.0753. The molecule has 1 aromatic rings. The number of aliphatic hydroxyl groups is 1. The van der Waals surface area contributed by atoms with Gasteiger partial charge in [0.15, 0.2) is 0 Å². The molecule has 3 atom stereocenters. The van der Waals surface area contributed by atoms with Crippen molar-refractivity contribution in [2.75, 3.05) is 0 Å². The van der Waals surface area contributed by atoms with Crippen molar-refractivity contribution in [2.45, 2.75) is 58.7 Å². The number of nitrogens with one attached hydrogen (secondary N) is 1. The van der Waals surface area contributed by atoms with Crippen molar-refractivity contribution in [3.8, 4) is 0 Å². The smallest absolute Gasteiger partial charge is 0.0621 e. The van der Waals surface area contributed by atoms with Crippen molar-refractivity contribution < 1.29 is 5.11 Å². The molecule has 0 saturated heterocycles. The van der Waals surface area contributed by atoms with Gasteiger partial charge < -0.3 is 10.4 Å². The Labute approximate surface area is 108 Å². The van der Waals surface area contributed by atoms with Crippen LogP contribution in [0.2, 0.25) is 0 Å². The molecule has 0 spiro atoms. The number of hydrogen-bond acceptors (Lipinski definition) is 3. The van der Waals surface area contributed by atoms with Gasteiger partial charge >= 0.3 is 0 Å². The third-order valence-electron chi connectivity index (χ3n) is 4.12. The Balaban J connectivity index is 1.96. The van der Waals surface area contributed by atoms with Crippen LogP contribution in [0.3, 0.4) is 0 Å². The topological polar surface area (TPSA) is 32.3 Å². The quantitative estimate of drug-likeness (QED) is 0.864. The minimum Gasteiger partial charge on any atom is -0.392 e. The van der Waals surface area contributed by atoms with Crippen LogP contribution in [-0.2, 0) is 6.42 Å². The zero-order valence-corrected chi connectivity index (χ0v) is 12.0. The highest BCUT2D eigenvalue weighted by Crippen LogP contribution is 2.41. The van der Waals surface area contributed by atoms with Crippen LogP contribution in [-0.4, -0.2) is 17.3 Å². The Morgan fingerprint density at radius 3 is 2.71 bits per heavy atom. The Morgan fingerprint density at radius 2 is 2.24 bits per heavy atom. The van der Waals surface area contributed by atoms with Gasteiger partial charge in [0.2, 0.25) is 0 Å². The third-order valence-corrected chi connectivity index (χ3v) is 5.54. The van der Waals surface area contributed by atoms with Gasteiger partial charge in [0.1, 0.15) is 0 Å². The summed E-state index contributed by atoms with van der Waals surface area (Å²) in [6.07, 6.45) is 1.84. The van der Waals surface area contributed by atoms with Gasteiger partial charge in [-0.05, 0) is 31.9 Å². The fraction of sp³-hybridized carbons (Fsp3) is 0.714. The molecule has 1 saturated carbocycles. The van der Waals surface area contributed by atoms with E-state index in [-0.39, 0.29) is 11.5 Å². The Kier molecular flexibility index (Phi) is 3.62. The molecule has 2 rings (SSSR count). The molecule has 2 nitrogen and oxygen atoms in total. The molecule has 1 fully saturated rings. The molecule has 0 aliphatic heterocycles. The van der Waals surface area contributed by atoms with Gasteiger partial charge in [-0.2, -0.15) is 0 Å². The maximum Gasteiger partial charge on any atom is 0.0621 e. The van der Waals surface area contributed by atoms with Gasteiger partial charge in [0.05, 0.1) is 6.10 Å². The van der Waals surface area contributed by atoms with E-state index in [2.05, 4.69) is 45.1 Å². The predicted molar refractivity (Wildman–Crippen MR) is 73.4 cm³/mol. The second-order valence-corrected chi connectivity index (χ2v) is 6.87. The SMILES string of the molecule is CCc1ccc(C(C)NC2CC(O)C2(C)C)s1. The van der Waals surface area contributed by atoms with Crippen LogP contribution in [0.25, 0.3) is 0 Å². The molecule has 96 valence electrons. The van der Waals surface area contributed by atoms with Gasteiger partial charge in [-0.15, -0.1) is 11.3 Å². The van der Waals surface area contributed by atoms with Crippen molar-refractivity contribution in [3.63, 3.8) is 0 Å². The summed E-state index contributed by atoms with van der Waals surface area (Å²) in [6.45, 7) is 8.68. The van der Waals surface area contributed by atoms with Crippen molar-refractivity contribution in [2.24, 2.45) is 5.41 Å². The van der Waals surface area contributed by atoms with Gasteiger partial charge in [-0.1, -0.05) is 20.8 Å². The molecule has 1 aromatic heterocycles. The van der Waals surface area contributed by atoms with Crippen LogP contribution in [0.4, 0.5) is 0 Å². The molecule has 17 heavy (non-hydrogen) atoms. The molecule has 3 unspecified atom stereocenters. The van der Waals surface area contributed by atoms with E-state index in [1.54, 1.807) is 0 Å². The molecule has 3 heteroatoms. The summed E-state index contributed by atoms with van der Waals surface area (Å²) in [7, 11) is 0. The number of rotatable bonds is 4. The first-order chi connectivity index (χ1) is 7.95. The van der Waals surface area contributed by atoms with E-state index in [4.69, 9.17) is 0 Å². The molecule has 1 aliphatic rings. The summed E-state index contributed by atoms with van der Waals surface area (Å²) in [4.78, 5) is 2.85. The van der Waals surface area contributed by atoms with Gasteiger partial charge in [-0.3, -0.25) is 0 Å². The van der Waals surface area contributed by atoms with Crippen LogP contribution in [0.1, 0.15) is 49.9 Å². The molecule has 1 aliphatic carbocycles. The van der Waals surface area contributed by atoms with Crippen LogP contribution in [0.5, 0.6) is 0 Å². The monoisotopic (exact) mass is 253 g/mol. The molecular formula is C14H23NOS. The first-order valence-corrected chi connectivity index (χ1v) is 7.29. The highest BCUT2D eigenvalue weighted by molar-refractivity contribution is 7.12. The lowest BCUT2D eigenvalue weighted by Gasteiger charge is -2.50. The van der Waals surface area contributed by atoms with E-state index in [1.807, 2.05) is 11.3 Å². The van der Waals surface area contributed by atoms with E-state index in [0.717, 1.165) is 12.8 Å². The van der Waals surface area contributed by atoms with Crippen molar-refractivity contribution in [3.05, 3.63) is 21.9 Å². The van der Waals surface area contributed by atoms with E-state index < -0.39 is 0 Å². The number of thiophene rings is 1. The second-order valence-electron chi connectivity index (χ2n) is 5.67. The summed E-state index contributed by atoms with van der Waals surface area (Å²) in [6, 6.07) is 5.26. The Hall–Kier alpha value is -0.380. The van der Waals surface area contributed by atoms with Gasteiger partial charge in [0.25, 0.3) is 0 Å². The van der Waals surface area contributed by atoms with Crippen molar-refractivity contribution in [1.29, 1.82) is 0 Å². The molecule has 0 amide bonds. The average Bonchev–Trinajstić information content (AvgIpc) is 2.77. The molecule has 1 heterocycles. The minimum absolute atomic E-state index is 0.0130. The minimum atomic E-state index is -0.151. The highest BCUT2D eigenvalue weighted by atomic mass is 32.1. The maximum absolute atomic E-state index is 9.73.